The number of amides is 1. The number of hydrogen-bond acceptors (Lipinski definition) is 6. The van der Waals surface area contributed by atoms with Crippen molar-refractivity contribution in [2.75, 3.05) is 11.1 Å². The highest BCUT2D eigenvalue weighted by Crippen LogP contribution is 2.23. The van der Waals surface area contributed by atoms with E-state index in [9.17, 15) is 4.79 Å². The van der Waals surface area contributed by atoms with Gasteiger partial charge in [-0.15, -0.1) is 10.2 Å². The maximum atomic E-state index is 12.0. The molecule has 1 unspecified atom stereocenters. The van der Waals surface area contributed by atoms with Gasteiger partial charge in [-0.1, -0.05) is 58.0 Å². The second-order valence-electron chi connectivity index (χ2n) is 6.27. The summed E-state index contributed by atoms with van der Waals surface area (Å²) in [7, 11) is 1.89. The zero-order valence-electron chi connectivity index (χ0n) is 16.0. The van der Waals surface area contributed by atoms with Gasteiger partial charge < -0.3 is 9.88 Å². The monoisotopic (exact) mass is 472 g/mol. The predicted molar refractivity (Wildman–Crippen MR) is 120 cm³/mol. The lowest BCUT2D eigenvalue weighted by Gasteiger charge is -2.14. The van der Waals surface area contributed by atoms with Crippen LogP contribution in [0, 0.1) is 0 Å². The van der Waals surface area contributed by atoms with Crippen LogP contribution < -0.4 is 10.7 Å². The van der Waals surface area contributed by atoms with Crippen LogP contribution in [0.2, 0.25) is 0 Å². The van der Waals surface area contributed by atoms with Gasteiger partial charge in [0, 0.05) is 17.2 Å². The molecule has 0 radical (unpaired) electrons. The van der Waals surface area contributed by atoms with Crippen LogP contribution in [0.5, 0.6) is 0 Å². The maximum absolute atomic E-state index is 12.0. The van der Waals surface area contributed by atoms with Crippen LogP contribution in [0.4, 0.5) is 5.69 Å². The SMILES string of the molecule is CC(Nc1ccc(Br)cc1)c1nnc(SCC(=O)N/N=C/c2ccccc2)n1C. The minimum Gasteiger partial charge on any atom is -0.375 e. The molecular formula is C20H21BrN6OS. The molecule has 0 saturated carbocycles. The van der Waals surface area contributed by atoms with Crippen molar-refractivity contribution in [2.24, 2.45) is 12.1 Å². The van der Waals surface area contributed by atoms with Gasteiger partial charge in [0.25, 0.3) is 5.91 Å². The molecule has 0 fully saturated rings. The van der Waals surface area contributed by atoms with Crippen molar-refractivity contribution in [1.82, 2.24) is 20.2 Å². The molecule has 0 spiro atoms. The Labute approximate surface area is 182 Å². The molecule has 0 saturated heterocycles. The Morgan fingerprint density at radius 1 is 1.21 bits per heavy atom. The summed E-state index contributed by atoms with van der Waals surface area (Å²) in [5.41, 5.74) is 4.44. The number of hydrogen-bond donors (Lipinski definition) is 2. The molecule has 1 heterocycles. The van der Waals surface area contributed by atoms with E-state index >= 15 is 0 Å². The number of carbonyl (C=O) groups is 1. The first-order valence-electron chi connectivity index (χ1n) is 8.94. The molecule has 1 amide bonds. The van der Waals surface area contributed by atoms with E-state index in [0.717, 1.165) is 21.5 Å². The number of nitrogens with one attached hydrogen (secondary N) is 2. The summed E-state index contributed by atoms with van der Waals surface area (Å²) in [6.07, 6.45) is 1.61. The fraction of sp³-hybridized carbons (Fsp3) is 0.200. The van der Waals surface area contributed by atoms with E-state index in [-0.39, 0.29) is 17.7 Å². The highest BCUT2D eigenvalue weighted by molar-refractivity contribution is 9.10. The predicted octanol–water partition coefficient (Wildman–Crippen LogP) is 3.99. The molecule has 2 N–H and O–H groups in total. The van der Waals surface area contributed by atoms with Crippen molar-refractivity contribution in [1.29, 1.82) is 0 Å². The second-order valence-corrected chi connectivity index (χ2v) is 8.12. The Balaban J connectivity index is 1.51. The van der Waals surface area contributed by atoms with Crippen LogP contribution in [0.25, 0.3) is 0 Å². The molecule has 29 heavy (non-hydrogen) atoms. The van der Waals surface area contributed by atoms with Crippen molar-refractivity contribution in [3.05, 3.63) is 70.5 Å². The third kappa shape index (κ3) is 6.16. The lowest BCUT2D eigenvalue weighted by molar-refractivity contribution is -0.118. The summed E-state index contributed by atoms with van der Waals surface area (Å²) in [6.45, 7) is 2.02. The van der Waals surface area contributed by atoms with Crippen LogP contribution in [-0.2, 0) is 11.8 Å². The fourth-order valence-electron chi connectivity index (χ4n) is 2.57. The minimum atomic E-state index is -0.201. The molecule has 0 bridgehead atoms. The summed E-state index contributed by atoms with van der Waals surface area (Å²) < 4.78 is 2.92. The maximum Gasteiger partial charge on any atom is 0.250 e. The van der Waals surface area contributed by atoms with E-state index in [4.69, 9.17) is 0 Å². The summed E-state index contributed by atoms with van der Waals surface area (Å²) in [5.74, 6) is 0.790. The van der Waals surface area contributed by atoms with E-state index in [1.807, 2.05) is 73.1 Å². The van der Waals surface area contributed by atoms with Gasteiger partial charge >= 0.3 is 0 Å². The van der Waals surface area contributed by atoms with E-state index in [1.54, 1.807) is 6.21 Å². The first kappa shape index (κ1) is 21.1. The average Bonchev–Trinajstić information content (AvgIpc) is 3.09. The molecule has 150 valence electrons. The zero-order valence-corrected chi connectivity index (χ0v) is 18.4. The lowest BCUT2D eigenvalue weighted by atomic mass is 10.2. The van der Waals surface area contributed by atoms with Crippen LogP contribution in [0.1, 0.15) is 24.4 Å². The van der Waals surface area contributed by atoms with Crippen LogP contribution >= 0.6 is 27.7 Å². The van der Waals surface area contributed by atoms with E-state index < -0.39 is 0 Å². The van der Waals surface area contributed by atoms with E-state index in [1.165, 1.54) is 11.8 Å². The van der Waals surface area contributed by atoms with E-state index in [2.05, 4.69) is 42.0 Å². The van der Waals surface area contributed by atoms with Gasteiger partial charge in [-0.2, -0.15) is 5.10 Å². The first-order valence-corrected chi connectivity index (χ1v) is 10.7. The number of hydrazone groups is 1. The highest BCUT2D eigenvalue weighted by Gasteiger charge is 2.16. The average molecular weight is 473 g/mol. The summed E-state index contributed by atoms with van der Waals surface area (Å²) in [6, 6.07) is 17.5. The van der Waals surface area contributed by atoms with Crippen LogP contribution in [-0.4, -0.2) is 32.6 Å². The Morgan fingerprint density at radius 3 is 2.66 bits per heavy atom. The lowest BCUT2D eigenvalue weighted by Crippen LogP contribution is -2.20. The Bertz CT molecular complexity index is 974. The van der Waals surface area contributed by atoms with Gasteiger partial charge in [0.1, 0.15) is 0 Å². The van der Waals surface area contributed by atoms with Gasteiger partial charge in [-0.25, -0.2) is 5.43 Å². The van der Waals surface area contributed by atoms with Crippen molar-refractivity contribution in [3.63, 3.8) is 0 Å². The number of thioether (sulfide) groups is 1. The third-order valence-corrected chi connectivity index (χ3v) is 5.57. The van der Waals surface area contributed by atoms with Crippen LogP contribution in [0.3, 0.4) is 0 Å². The quantitative estimate of drug-likeness (QED) is 0.294. The number of benzene rings is 2. The van der Waals surface area contributed by atoms with Crippen LogP contribution in [0.15, 0.2) is 69.3 Å². The topological polar surface area (TPSA) is 84.2 Å². The Morgan fingerprint density at radius 2 is 1.93 bits per heavy atom. The minimum absolute atomic E-state index is 0.0349. The van der Waals surface area contributed by atoms with Gasteiger partial charge in [0.15, 0.2) is 11.0 Å². The number of anilines is 1. The van der Waals surface area contributed by atoms with Gasteiger partial charge in [0.2, 0.25) is 0 Å². The standard InChI is InChI=1S/C20H21BrN6OS/c1-14(23-17-10-8-16(21)9-11-17)19-25-26-20(27(19)2)29-13-18(28)24-22-12-15-6-4-3-5-7-15/h3-12,14,23H,13H2,1-2H3,(H,24,28)/b22-12+. The molecule has 3 rings (SSSR count). The number of aromatic nitrogens is 3. The Kier molecular flexibility index (Phi) is 7.42. The molecule has 9 heteroatoms. The van der Waals surface area contributed by atoms with Crippen molar-refractivity contribution in [3.8, 4) is 0 Å². The summed E-state index contributed by atoms with van der Waals surface area (Å²) in [5, 5.41) is 16.5. The molecule has 1 atom stereocenters. The molecule has 1 aromatic heterocycles. The molecule has 3 aromatic rings. The molecule has 7 nitrogen and oxygen atoms in total. The van der Waals surface area contributed by atoms with Crippen molar-refractivity contribution in [2.45, 2.75) is 18.1 Å². The number of carbonyl (C=O) groups excluding carboxylic acids is 1. The fourth-order valence-corrected chi connectivity index (χ4v) is 3.54. The zero-order chi connectivity index (χ0) is 20.6. The number of nitrogens with zero attached hydrogens (tertiary/aromatic N) is 4. The number of halogens is 1. The molecule has 0 aliphatic heterocycles. The van der Waals surface area contributed by atoms with Crippen molar-refractivity contribution >= 4 is 45.5 Å². The highest BCUT2D eigenvalue weighted by atomic mass is 79.9. The summed E-state index contributed by atoms with van der Waals surface area (Å²) >= 11 is 4.75. The Hall–Kier alpha value is -2.65. The number of rotatable bonds is 8. The smallest absolute Gasteiger partial charge is 0.250 e. The second kappa shape index (κ2) is 10.2. The third-order valence-electron chi connectivity index (χ3n) is 4.02. The first-order chi connectivity index (χ1) is 14.0. The largest absolute Gasteiger partial charge is 0.375 e. The molecule has 2 aromatic carbocycles. The van der Waals surface area contributed by atoms with E-state index in [0.29, 0.717) is 5.16 Å². The molecular weight excluding hydrogens is 452 g/mol. The van der Waals surface area contributed by atoms with Gasteiger partial charge in [0.05, 0.1) is 18.0 Å². The normalized spacial score (nSPS) is 12.1. The molecule has 0 aliphatic rings. The summed E-state index contributed by atoms with van der Waals surface area (Å²) in [4.78, 5) is 12.0. The van der Waals surface area contributed by atoms with Gasteiger partial charge in [-0.05, 0) is 36.8 Å². The molecule has 0 aliphatic carbocycles. The van der Waals surface area contributed by atoms with Gasteiger partial charge in [-0.3, -0.25) is 4.79 Å². The van der Waals surface area contributed by atoms with Crippen molar-refractivity contribution < 1.29 is 4.79 Å².